The first-order chi connectivity index (χ1) is 9.72. The van der Waals surface area contributed by atoms with Gasteiger partial charge < -0.3 is 20.4 Å². The second kappa shape index (κ2) is 9.72. The first kappa shape index (κ1) is 17.9. The van der Waals surface area contributed by atoms with E-state index in [4.69, 9.17) is 5.11 Å². The van der Waals surface area contributed by atoms with Crippen LogP contribution in [0.15, 0.2) is 0 Å². The van der Waals surface area contributed by atoms with Crippen LogP contribution in [0.1, 0.15) is 57.8 Å². The van der Waals surface area contributed by atoms with Gasteiger partial charge in [-0.15, -0.1) is 0 Å². The fraction of sp³-hybridized carbons (Fsp3) is 1.00. The van der Waals surface area contributed by atoms with Gasteiger partial charge in [0, 0.05) is 26.4 Å². The predicted molar refractivity (Wildman–Crippen MR) is 79.3 cm³/mol. The van der Waals surface area contributed by atoms with Gasteiger partial charge in [0.2, 0.25) is 0 Å². The van der Waals surface area contributed by atoms with Crippen LogP contribution in [0.4, 0.5) is 0 Å². The molecule has 1 aliphatic rings. The summed E-state index contributed by atoms with van der Waals surface area (Å²) in [5.74, 6) is 0.542. The Kier molecular flexibility index (Phi) is 8.69. The molecule has 0 amide bonds. The van der Waals surface area contributed by atoms with Crippen LogP contribution in [0.3, 0.4) is 0 Å². The fourth-order valence-electron chi connectivity index (χ4n) is 3.58. The molecule has 1 saturated carbocycles. The normalized spacial score (nSPS) is 28.5. The lowest BCUT2D eigenvalue weighted by molar-refractivity contribution is -0.0247. The van der Waals surface area contributed by atoms with Crippen molar-refractivity contribution >= 4 is 0 Å². The lowest BCUT2D eigenvalue weighted by Crippen LogP contribution is -2.40. The van der Waals surface area contributed by atoms with Gasteiger partial charge >= 0.3 is 0 Å². The van der Waals surface area contributed by atoms with Crippen molar-refractivity contribution in [1.82, 2.24) is 0 Å². The maximum absolute atomic E-state index is 9.84. The van der Waals surface area contributed by atoms with Crippen LogP contribution in [0.25, 0.3) is 0 Å². The smallest absolute Gasteiger partial charge is 0.0490 e. The molecular formula is C16H32O4. The number of aliphatic hydroxyl groups excluding tert-OH is 4. The molecule has 0 spiro atoms. The zero-order valence-corrected chi connectivity index (χ0v) is 12.6. The molecule has 0 aliphatic heterocycles. The molecule has 4 N–H and O–H groups in total. The van der Waals surface area contributed by atoms with Crippen molar-refractivity contribution in [3.63, 3.8) is 0 Å². The Hall–Kier alpha value is -0.160. The SMILES string of the molecule is OCCCCCCC(CO)C1(CO)CCC(CO)CC1. The van der Waals surface area contributed by atoms with E-state index in [1.54, 1.807) is 0 Å². The minimum absolute atomic E-state index is 0.141. The first-order valence-corrected chi connectivity index (χ1v) is 8.16. The van der Waals surface area contributed by atoms with Gasteiger partial charge in [-0.05, 0) is 55.8 Å². The molecule has 0 aromatic heterocycles. The van der Waals surface area contributed by atoms with Crippen molar-refractivity contribution in [2.45, 2.75) is 57.8 Å². The van der Waals surface area contributed by atoms with Crippen LogP contribution < -0.4 is 0 Å². The maximum atomic E-state index is 9.84. The number of rotatable bonds is 10. The van der Waals surface area contributed by atoms with Crippen LogP contribution >= 0.6 is 0 Å². The van der Waals surface area contributed by atoms with Crippen LogP contribution in [0.2, 0.25) is 0 Å². The molecule has 1 unspecified atom stereocenters. The standard InChI is InChI=1S/C16H32O4/c17-10-4-2-1-3-5-15(12-19)16(13-20)8-6-14(11-18)7-9-16/h14-15,17-20H,1-13H2. The van der Waals surface area contributed by atoms with Crippen molar-refractivity contribution in [3.8, 4) is 0 Å². The summed E-state index contributed by atoms with van der Waals surface area (Å²) in [7, 11) is 0. The molecule has 120 valence electrons. The summed E-state index contributed by atoms with van der Waals surface area (Å²) in [4.78, 5) is 0. The first-order valence-electron chi connectivity index (χ1n) is 8.16. The Morgan fingerprint density at radius 1 is 0.900 bits per heavy atom. The molecule has 0 radical (unpaired) electrons. The van der Waals surface area contributed by atoms with Gasteiger partial charge in [-0.1, -0.05) is 19.3 Å². The van der Waals surface area contributed by atoms with Gasteiger partial charge in [0.05, 0.1) is 0 Å². The Labute approximate surface area is 122 Å². The van der Waals surface area contributed by atoms with E-state index >= 15 is 0 Å². The van der Waals surface area contributed by atoms with Crippen LogP contribution in [-0.2, 0) is 0 Å². The van der Waals surface area contributed by atoms with Gasteiger partial charge in [0.25, 0.3) is 0 Å². The second-order valence-electron chi connectivity index (χ2n) is 6.45. The summed E-state index contributed by atoms with van der Waals surface area (Å²) >= 11 is 0. The van der Waals surface area contributed by atoms with Gasteiger partial charge in [-0.25, -0.2) is 0 Å². The molecular weight excluding hydrogens is 256 g/mol. The van der Waals surface area contributed by atoms with Crippen molar-refractivity contribution in [2.24, 2.45) is 17.3 Å². The third-order valence-corrected chi connectivity index (χ3v) is 5.22. The highest BCUT2D eigenvalue weighted by Crippen LogP contribution is 2.45. The van der Waals surface area contributed by atoms with E-state index in [9.17, 15) is 15.3 Å². The van der Waals surface area contributed by atoms with Crippen LogP contribution in [0.5, 0.6) is 0 Å². The zero-order valence-electron chi connectivity index (χ0n) is 12.6. The molecule has 0 aromatic carbocycles. The zero-order chi connectivity index (χ0) is 14.8. The van der Waals surface area contributed by atoms with Crippen molar-refractivity contribution < 1.29 is 20.4 Å². The van der Waals surface area contributed by atoms with Gasteiger partial charge in [0.15, 0.2) is 0 Å². The lowest BCUT2D eigenvalue weighted by atomic mass is 9.63. The van der Waals surface area contributed by atoms with Crippen LogP contribution in [0, 0.1) is 17.3 Å². The molecule has 0 heterocycles. The number of hydrogen-bond acceptors (Lipinski definition) is 4. The highest BCUT2D eigenvalue weighted by Gasteiger charge is 2.40. The number of unbranched alkanes of at least 4 members (excludes halogenated alkanes) is 3. The average molecular weight is 288 g/mol. The Morgan fingerprint density at radius 2 is 1.55 bits per heavy atom. The maximum Gasteiger partial charge on any atom is 0.0490 e. The third-order valence-electron chi connectivity index (χ3n) is 5.22. The van der Waals surface area contributed by atoms with E-state index < -0.39 is 0 Å². The summed E-state index contributed by atoms with van der Waals surface area (Å²) in [6.45, 7) is 0.788. The quantitative estimate of drug-likeness (QED) is 0.461. The van der Waals surface area contributed by atoms with E-state index in [1.165, 1.54) is 0 Å². The predicted octanol–water partition coefficient (Wildman–Crippen LogP) is 1.70. The monoisotopic (exact) mass is 288 g/mol. The highest BCUT2D eigenvalue weighted by molar-refractivity contribution is 4.90. The van der Waals surface area contributed by atoms with Crippen molar-refractivity contribution in [1.29, 1.82) is 0 Å². The average Bonchev–Trinajstić information content (AvgIpc) is 2.51. The van der Waals surface area contributed by atoms with Gasteiger partial charge in [-0.3, -0.25) is 0 Å². The summed E-state index contributed by atoms with van der Waals surface area (Å²) in [6.07, 6.45) is 8.71. The van der Waals surface area contributed by atoms with E-state index in [0.717, 1.165) is 57.8 Å². The molecule has 4 heteroatoms. The molecule has 0 aromatic rings. The highest BCUT2D eigenvalue weighted by atomic mass is 16.3. The second-order valence-corrected chi connectivity index (χ2v) is 6.45. The number of hydrogen-bond donors (Lipinski definition) is 4. The van der Waals surface area contributed by atoms with Crippen molar-refractivity contribution in [2.75, 3.05) is 26.4 Å². The number of aliphatic hydroxyl groups is 4. The van der Waals surface area contributed by atoms with Gasteiger partial charge in [0.1, 0.15) is 0 Å². The topological polar surface area (TPSA) is 80.9 Å². The Bertz CT molecular complexity index is 237. The van der Waals surface area contributed by atoms with E-state index in [1.807, 2.05) is 0 Å². The molecule has 1 atom stereocenters. The minimum Gasteiger partial charge on any atom is -0.396 e. The van der Waals surface area contributed by atoms with E-state index in [-0.39, 0.29) is 37.8 Å². The largest absolute Gasteiger partial charge is 0.396 e. The summed E-state index contributed by atoms with van der Waals surface area (Å²) < 4.78 is 0. The molecule has 0 saturated heterocycles. The molecule has 4 nitrogen and oxygen atoms in total. The Balaban J connectivity index is 2.43. The summed E-state index contributed by atoms with van der Waals surface area (Å²) in [5, 5.41) is 37.5. The Morgan fingerprint density at radius 3 is 2.05 bits per heavy atom. The molecule has 0 bridgehead atoms. The summed E-state index contributed by atoms with van der Waals surface area (Å²) in [6, 6.07) is 0. The van der Waals surface area contributed by atoms with Gasteiger partial charge in [-0.2, -0.15) is 0 Å². The molecule has 1 aliphatic carbocycles. The van der Waals surface area contributed by atoms with Crippen molar-refractivity contribution in [3.05, 3.63) is 0 Å². The van der Waals surface area contributed by atoms with Crippen LogP contribution in [-0.4, -0.2) is 46.9 Å². The summed E-state index contributed by atoms with van der Waals surface area (Å²) in [5.41, 5.74) is -0.141. The third kappa shape index (κ3) is 4.99. The van der Waals surface area contributed by atoms with E-state index in [2.05, 4.69) is 0 Å². The lowest BCUT2D eigenvalue weighted by Gasteiger charge is -2.44. The van der Waals surface area contributed by atoms with E-state index in [0.29, 0.717) is 5.92 Å². The minimum atomic E-state index is -0.141. The fourth-order valence-corrected chi connectivity index (χ4v) is 3.58. The molecule has 1 fully saturated rings. The molecule has 1 rings (SSSR count). The molecule has 20 heavy (non-hydrogen) atoms.